The lowest BCUT2D eigenvalue weighted by molar-refractivity contribution is -0.138. The number of hydrogen-bond donors (Lipinski definition) is 4. The molecule has 2 amide bonds. The second-order valence-electron chi connectivity index (χ2n) is 10.1. The van der Waals surface area contributed by atoms with Crippen molar-refractivity contribution in [3.8, 4) is 11.5 Å². The van der Waals surface area contributed by atoms with E-state index in [4.69, 9.17) is 9.47 Å². The number of carbonyl (C=O) groups excluding carboxylic acids is 2. The van der Waals surface area contributed by atoms with Gasteiger partial charge in [0.25, 0.3) is 0 Å². The molecule has 0 fully saturated rings. The highest BCUT2D eigenvalue weighted by Gasteiger charge is 2.41. The summed E-state index contributed by atoms with van der Waals surface area (Å²) in [4.78, 5) is 28.4. The highest BCUT2D eigenvalue weighted by atomic mass is 127. The van der Waals surface area contributed by atoms with Gasteiger partial charge in [-0.25, -0.2) is 4.39 Å². The average molecular weight is 705 g/mol. The molecule has 0 saturated carbocycles. The molecule has 3 unspecified atom stereocenters. The van der Waals surface area contributed by atoms with Crippen LogP contribution in [0.5, 0.6) is 11.5 Å². The Morgan fingerprint density at radius 3 is 2.47 bits per heavy atom. The number of nitrogens with zero attached hydrogens (tertiary/aromatic N) is 1. The van der Waals surface area contributed by atoms with E-state index >= 15 is 0 Å². The van der Waals surface area contributed by atoms with Crippen LogP contribution < -0.4 is 14.8 Å². The van der Waals surface area contributed by atoms with Crippen LogP contribution in [0.15, 0.2) is 78.4 Å². The van der Waals surface area contributed by atoms with Crippen molar-refractivity contribution in [2.24, 2.45) is 0 Å². The van der Waals surface area contributed by atoms with Gasteiger partial charge in [0.15, 0.2) is 11.5 Å². The van der Waals surface area contributed by atoms with E-state index < -0.39 is 30.0 Å². The van der Waals surface area contributed by atoms with Gasteiger partial charge in [-0.2, -0.15) is 0 Å². The fourth-order valence-corrected chi connectivity index (χ4v) is 5.76. The lowest BCUT2D eigenvalue weighted by atomic mass is 9.87. The van der Waals surface area contributed by atoms with Gasteiger partial charge in [-0.15, -0.1) is 0 Å². The van der Waals surface area contributed by atoms with Gasteiger partial charge in [0, 0.05) is 30.6 Å². The minimum atomic E-state index is -1.32. The van der Waals surface area contributed by atoms with Crippen molar-refractivity contribution < 1.29 is 38.8 Å². The van der Waals surface area contributed by atoms with Crippen LogP contribution in [0.4, 0.5) is 4.39 Å². The van der Waals surface area contributed by atoms with E-state index in [0.29, 0.717) is 14.9 Å². The van der Waals surface area contributed by atoms with Crippen LogP contribution in [0.1, 0.15) is 23.1 Å². The second-order valence-corrected chi connectivity index (χ2v) is 11.2. The first-order chi connectivity index (χ1) is 20.7. The van der Waals surface area contributed by atoms with Gasteiger partial charge in [-0.05, 0) is 58.0 Å². The molecular weight excluding hydrogens is 670 g/mol. The fourth-order valence-electron chi connectivity index (χ4n) is 4.97. The molecule has 43 heavy (non-hydrogen) atoms. The summed E-state index contributed by atoms with van der Waals surface area (Å²) < 4.78 is 27.2. The van der Waals surface area contributed by atoms with E-state index in [2.05, 4.69) is 5.32 Å². The largest absolute Gasteiger partial charge is 0.493 e. The number of aliphatic hydroxyl groups is 3. The Morgan fingerprint density at radius 1 is 1.07 bits per heavy atom. The van der Waals surface area contributed by atoms with E-state index in [1.807, 2.05) is 40.8 Å². The normalized spacial score (nSPS) is 18.0. The Balaban J connectivity index is 1.75. The smallest absolute Gasteiger partial charge is 0.247 e. The molecule has 3 aromatic rings. The molecule has 0 bridgehead atoms. The summed E-state index contributed by atoms with van der Waals surface area (Å²) in [5.41, 5.74) is 1.83. The first-order valence-electron chi connectivity index (χ1n) is 13.7. The third-order valence-corrected chi connectivity index (χ3v) is 7.96. The van der Waals surface area contributed by atoms with E-state index in [-0.39, 0.29) is 61.9 Å². The first kappa shape index (κ1) is 32.4. The number of nitrogens with one attached hydrogen (secondary N) is 1. The van der Waals surface area contributed by atoms with Crippen LogP contribution >= 0.6 is 22.6 Å². The zero-order valence-electron chi connectivity index (χ0n) is 23.6. The molecule has 3 atom stereocenters. The molecular formula is C32H34FIN2O7. The van der Waals surface area contributed by atoms with Crippen molar-refractivity contribution in [1.29, 1.82) is 0 Å². The highest BCUT2D eigenvalue weighted by Crippen LogP contribution is 2.37. The van der Waals surface area contributed by atoms with Crippen LogP contribution in [0.2, 0.25) is 0 Å². The monoisotopic (exact) mass is 704 g/mol. The summed E-state index contributed by atoms with van der Waals surface area (Å²) in [5.74, 6) is -0.759. The number of hydrogen-bond acceptors (Lipinski definition) is 7. The number of halogens is 2. The second kappa shape index (κ2) is 15.3. The van der Waals surface area contributed by atoms with Crippen LogP contribution in [0, 0.1) is 9.39 Å². The Hall–Kier alpha value is -3.52. The number of aliphatic hydroxyl groups excluding tert-OH is 3. The van der Waals surface area contributed by atoms with Gasteiger partial charge >= 0.3 is 0 Å². The molecule has 11 heteroatoms. The third-order valence-electron chi connectivity index (χ3n) is 7.16. The molecule has 0 saturated heterocycles. The predicted molar refractivity (Wildman–Crippen MR) is 166 cm³/mol. The quantitative estimate of drug-likeness (QED) is 0.214. The van der Waals surface area contributed by atoms with Crippen molar-refractivity contribution in [3.63, 3.8) is 0 Å². The van der Waals surface area contributed by atoms with E-state index in [1.165, 1.54) is 24.2 Å². The number of benzene rings is 3. The fraction of sp³-hybridized carbons (Fsp3) is 0.312. The van der Waals surface area contributed by atoms with Gasteiger partial charge < -0.3 is 35.0 Å². The number of amides is 2. The maximum absolute atomic E-state index is 14.8. The summed E-state index contributed by atoms with van der Waals surface area (Å²) in [6.07, 6.45) is -0.978. The number of methoxy groups -OCH3 is 1. The molecule has 9 nitrogen and oxygen atoms in total. The molecule has 0 aliphatic heterocycles. The van der Waals surface area contributed by atoms with Crippen LogP contribution in [-0.4, -0.2) is 70.5 Å². The molecule has 228 valence electrons. The lowest BCUT2D eigenvalue weighted by Gasteiger charge is -2.41. The summed E-state index contributed by atoms with van der Waals surface area (Å²) in [6, 6.07) is 17.5. The standard InChI is InChI=1S/C32H34FIN2O7/c1-42-28-14-21(19-38)13-25(34)31(28)43-27-17-23(32(41)35-11-12-37)16-26(30(27)40)36(18-22-9-5-6-10-24(22)33)29(39)15-20-7-3-2-4-8-20/h2-10,13-14,17,26-27,30,37-38,40H,11-12,15-16,18-19H2,1H3,(H,35,41). The van der Waals surface area contributed by atoms with Gasteiger partial charge in [0.05, 0.1) is 36.4 Å². The molecule has 3 aromatic carbocycles. The average Bonchev–Trinajstić information content (AvgIpc) is 3.01. The summed E-state index contributed by atoms with van der Waals surface area (Å²) in [5, 5.41) is 33.2. The van der Waals surface area contributed by atoms with Crippen molar-refractivity contribution in [3.05, 3.63) is 104 Å². The SMILES string of the molecule is COc1cc(CO)cc(I)c1OC1C=C(C(=O)NCCO)CC(N(Cc2ccccc2F)C(=O)Cc2ccccc2)C1O. The Morgan fingerprint density at radius 2 is 1.79 bits per heavy atom. The van der Waals surface area contributed by atoms with Crippen molar-refractivity contribution in [2.75, 3.05) is 20.3 Å². The van der Waals surface area contributed by atoms with Crippen molar-refractivity contribution in [1.82, 2.24) is 10.2 Å². The lowest BCUT2D eigenvalue weighted by Crippen LogP contribution is -2.55. The minimum Gasteiger partial charge on any atom is -0.493 e. The summed E-state index contributed by atoms with van der Waals surface area (Å²) in [7, 11) is 1.45. The molecule has 1 aliphatic rings. The predicted octanol–water partition coefficient (Wildman–Crippen LogP) is 3.12. The Bertz CT molecular complexity index is 1450. The molecule has 4 N–H and O–H groups in total. The molecule has 0 aromatic heterocycles. The molecule has 1 aliphatic carbocycles. The molecule has 4 rings (SSSR count). The van der Waals surface area contributed by atoms with Gasteiger partial charge in [-0.1, -0.05) is 48.5 Å². The van der Waals surface area contributed by atoms with E-state index in [1.54, 1.807) is 42.5 Å². The van der Waals surface area contributed by atoms with E-state index in [9.17, 15) is 29.3 Å². The molecule has 0 heterocycles. The maximum atomic E-state index is 14.8. The van der Waals surface area contributed by atoms with Crippen molar-refractivity contribution >= 4 is 34.4 Å². The molecule has 0 radical (unpaired) electrons. The highest BCUT2D eigenvalue weighted by molar-refractivity contribution is 14.1. The van der Waals surface area contributed by atoms with Crippen LogP contribution in [-0.2, 0) is 29.2 Å². The van der Waals surface area contributed by atoms with Crippen molar-refractivity contribution in [2.45, 2.75) is 44.2 Å². The van der Waals surface area contributed by atoms with E-state index in [0.717, 1.165) is 5.56 Å². The Kier molecular flexibility index (Phi) is 11.5. The van der Waals surface area contributed by atoms with Gasteiger partial charge in [-0.3, -0.25) is 9.59 Å². The number of ether oxygens (including phenoxy) is 2. The molecule has 0 spiro atoms. The van der Waals surface area contributed by atoms with Gasteiger partial charge in [0.1, 0.15) is 18.0 Å². The number of carbonyl (C=O) groups is 2. The maximum Gasteiger partial charge on any atom is 0.247 e. The topological polar surface area (TPSA) is 129 Å². The Labute approximate surface area is 263 Å². The third kappa shape index (κ3) is 8.11. The zero-order valence-corrected chi connectivity index (χ0v) is 25.7. The first-order valence-corrected chi connectivity index (χ1v) is 14.8. The number of rotatable bonds is 12. The minimum absolute atomic E-state index is 0.00582. The van der Waals surface area contributed by atoms with Gasteiger partial charge in [0.2, 0.25) is 11.8 Å². The van der Waals surface area contributed by atoms with Crippen LogP contribution in [0.3, 0.4) is 0 Å². The summed E-state index contributed by atoms with van der Waals surface area (Å²) >= 11 is 2.03. The summed E-state index contributed by atoms with van der Waals surface area (Å²) in [6.45, 7) is -0.629. The van der Waals surface area contributed by atoms with Crippen LogP contribution in [0.25, 0.3) is 0 Å². The zero-order chi connectivity index (χ0) is 30.9.